The van der Waals surface area contributed by atoms with Gasteiger partial charge in [0.1, 0.15) is 0 Å². The van der Waals surface area contributed by atoms with Crippen LogP contribution in [-0.4, -0.2) is 33.3 Å². The normalized spacial score (nSPS) is 15.2. The molecule has 1 fully saturated rings. The predicted molar refractivity (Wildman–Crippen MR) is 98.8 cm³/mol. The minimum Gasteiger partial charge on any atom is -0.493 e. The van der Waals surface area contributed by atoms with Crippen molar-refractivity contribution in [3.63, 3.8) is 0 Å². The first-order valence-electron chi connectivity index (χ1n) is 7.88. The standard InChI is InChI=1S/C18H18ClNO5S/c1-24-15-8-5-13(11-16(15)25-2)20-17(21)18(9-10-18)26(22,23)14-6-3-12(19)4-7-14/h3-8,11H,9-10H2,1-2H3,(H,20,21). The average molecular weight is 396 g/mol. The molecule has 0 atom stereocenters. The Hall–Kier alpha value is -2.25. The highest BCUT2D eigenvalue weighted by molar-refractivity contribution is 7.94. The number of sulfone groups is 1. The van der Waals surface area contributed by atoms with Crippen LogP contribution < -0.4 is 14.8 Å². The molecule has 2 aromatic carbocycles. The predicted octanol–water partition coefficient (Wildman–Crippen LogP) is 3.30. The Morgan fingerprint density at radius 3 is 2.19 bits per heavy atom. The molecule has 1 saturated carbocycles. The number of anilines is 1. The maximum Gasteiger partial charge on any atom is 0.246 e. The Balaban J connectivity index is 1.86. The second-order valence-corrected chi connectivity index (χ2v) is 8.67. The topological polar surface area (TPSA) is 81.7 Å². The average Bonchev–Trinajstić information content (AvgIpc) is 3.44. The van der Waals surface area contributed by atoms with Gasteiger partial charge in [-0.15, -0.1) is 0 Å². The fourth-order valence-electron chi connectivity index (χ4n) is 2.73. The third-order valence-corrected chi connectivity index (χ3v) is 7.16. The van der Waals surface area contributed by atoms with Crippen LogP contribution in [0.25, 0.3) is 0 Å². The molecule has 0 saturated heterocycles. The molecule has 3 rings (SSSR count). The first kappa shape index (κ1) is 18.5. The van der Waals surface area contributed by atoms with Crippen molar-refractivity contribution in [1.29, 1.82) is 0 Å². The van der Waals surface area contributed by atoms with Crippen molar-refractivity contribution in [2.75, 3.05) is 19.5 Å². The lowest BCUT2D eigenvalue weighted by molar-refractivity contribution is -0.116. The monoisotopic (exact) mass is 395 g/mol. The third kappa shape index (κ3) is 3.12. The molecule has 26 heavy (non-hydrogen) atoms. The second-order valence-electron chi connectivity index (χ2n) is 5.98. The quantitative estimate of drug-likeness (QED) is 0.811. The second kappa shape index (κ2) is 6.81. The number of amides is 1. The maximum absolute atomic E-state index is 12.9. The first-order chi connectivity index (χ1) is 12.3. The Bertz CT molecular complexity index is 937. The zero-order valence-electron chi connectivity index (χ0n) is 14.3. The van der Waals surface area contributed by atoms with E-state index in [1.54, 1.807) is 18.2 Å². The molecule has 0 spiro atoms. The zero-order chi connectivity index (χ0) is 18.9. The number of carbonyl (C=O) groups excluding carboxylic acids is 1. The molecule has 2 aromatic rings. The summed E-state index contributed by atoms with van der Waals surface area (Å²) in [5.74, 6) is 0.399. The van der Waals surface area contributed by atoms with Crippen LogP contribution in [0.3, 0.4) is 0 Å². The van der Waals surface area contributed by atoms with Crippen LogP contribution in [0.4, 0.5) is 5.69 Å². The summed E-state index contributed by atoms with van der Waals surface area (Å²) in [5.41, 5.74) is 0.435. The number of hydrogen-bond donors (Lipinski definition) is 1. The number of hydrogen-bond acceptors (Lipinski definition) is 5. The zero-order valence-corrected chi connectivity index (χ0v) is 15.9. The summed E-state index contributed by atoms with van der Waals surface area (Å²) in [6.07, 6.45) is 0.550. The van der Waals surface area contributed by atoms with E-state index < -0.39 is 20.5 Å². The van der Waals surface area contributed by atoms with Crippen LogP contribution in [0, 0.1) is 0 Å². The van der Waals surface area contributed by atoms with Crippen molar-refractivity contribution >= 4 is 33.0 Å². The van der Waals surface area contributed by atoms with Gasteiger partial charge in [-0.05, 0) is 49.2 Å². The van der Waals surface area contributed by atoms with Crippen molar-refractivity contribution in [2.24, 2.45) is 0 Å². The number of rotatable bonds is 6. The van der Waals surface area contributed by atoms with Crippen LogP contribution >= 0.6 is 11.6 Å². The minimum atomic E-state index is -3.82. The van der Waals surface area contributed by atoms with Crippen LogP contribution in [0.1, 0.15) is 12.8 Å². The van der Waals surface area contributed by atoms with Crippen molar-refractivity contribution in [2.45, 2.75) is 22.5 Å². The largest absolute Gasteiger partial charge is 0.493 e. The van der Waals surface area contributed by atoms with E-state index in [1.807, 2.05) is 0 Å². The lowest BCUT2D eigenvalue weighted by Gasteiger charge is -2.17. The maximum atomic E-state index is 12.9. The fourth-order valence-corrected chi connectivity index (χ4v) is 4.74. The summed E-state index contributed by atoms with van der Waals surface area (Å²) < 4.78 is 34.8. The molecule has 1 aliphatic rings. The molecule has 1 N–H and O–H groups in total. The van der Waals surface area contributed by atoms with Crippen molar-refractivity contribution in [1.82, 2.24) is 0 Å². The van der Waals surface area contributed by atoms with Gasteiger partial charge in [0.15, 0.2) is 26.1 Å². The van der Waals surface area contributed by atoms with Gasteiger partial charge in [-0.25, -0.2) is 8.42 Å². The molecule has 0 radical (unpaired) electrons. The van der Waals surface area contributed by atoms with E-state index in [4.69, 9.17) is 21.1 Å². The molecule has 8 heteroatoms. The molecule has 6 nitrogen and oxygen atoms in total. The summed E-state index contributed by atoms with van der Waals surface area (Å²) in [4.78, 5) is 12.8. The number of nitrogens with one attached hydrogen (secondary N) is 1. The Labute approximate surface area is 157 Å². The van der Waals surface area contributed by atoms with Gasteiger partial charge in [0.05, 0.1) is 19.1 Å². The van der Waals surface area contributed by atoms with Gasteiger partial charge in [0.2, 0.25) is 5.91 Å². The minimum absolute atomic E-state index is 0.0851. The molecular weight excluding hydrogens is 378 g/mol. The van der Waals surface area contributed by atoms with Crippen molar-refractivity contribution < 1.29 is 22.7 Å². The van der Waals surface area contributed by atoms with Gasteiger partial charge < -0.3 is 14.8 Å². The number of ether oxygens (including phenoxy) is 2. The van der Waals surface area contributed by atoms with Crippen LogP contribution in [0.5, 0.6) is 11.5 Å². The van der Waals surface area contributed by atoms with Crippen molar-refractivity contribution in [3.05, 3.63) is 47.5 Å². The SMILES string of the molecule is COc1ccc(NC(=O)C2(S(=O)(=O)c3ccc(Cl)cc3)CC2)cc1OC. The lowest BCUT2D eigenvalue weighted by Crippen LogP contribution is -2.37. The van der Waals surface area contributed by atoms with E-state index in [0.29, 0.717) is 22.2 Å². The Morgan fingerprint density at radius 2 is 1.65 bits per heavy atom. The molecule has 0 aliphatic heterocycles. The molecule has 1 amide bonds. The highest BCUT2D eigenvalue weighted by Crippen LogP contribution is 2.48. The van der Waals surface area contributed by atoms with E-state index in [9.17, 15) is 13.2 Å². The van der Waals surface area contributed by atoms with Gasteiger partial charge in [-0.1, -0.05) is 11.6 Å². The summed E-state index contributed by atoms with van der Waals surface area (Å²) >= 11 is 5.82. The third-order valence-electron chi connectivity index (χ3n) is 4.40. The van der Waals surface area contributed by atoms with Crippen LogP contribution in [0.15, 0.2) is 47.4 Å². The van der Waals surface area contributed by atoms with Crippen molar-refractivity contribution in [3.8, 4) is 11.5 Å². The van der Waals surface area contributed by atoms with Gasteiger partial charge in [-0.3, -0.25) is 4.79 Å². The number of carbonyl (C=O) groups is 1. The Kier molecular flexibility index (Phi) is 4.86. The van der Waals surface area contributed by atoms with E-state index in [0.717, 1.165) is 0 Å². The van der Waals surface area contributed by atoms with E-state index >= 15 is 0 Å². The summed E-state index contributed by atoms with van der Waals surface area (Å²) in [6.45, 7) is 0. The van der Waals surface area contributed by atoms with Gasteiger partial charge in [0, 0.05) is 16.8 Å². The summed E-state index contributed by atoms with van der Waals surface area (Å²) in [7, 11) is -0.828. The van der Waals surface area contributed by atoms with E-state index in [2.05, 4.69) is 5.32 Å². The van der Waals surface area contributed by atoms with Gasteiger partial charge >= 0.3 is 0 Å². The molecule has 0 heterocycles. The summed E-state index contributed by atoms with van der Waals surface area (Å²) in [5, 5.41) is 3.11. The van der Waals surface area contributed by atoms with Gasteiger partial charge in [-0.2, -0.15) is 0 Å². The fraction of sp³-hybridized carbons (Fsp3) is 0.278. The molecule has 0 unspecified atom stereocenters. The highest BCUT2D eigenvalue weighted by atomic mass is 35.5. The van der Waals surface area contributed by atoms with E-state index in [1.165, 1.54) is 38.5 Å². The van der Waals surface area contributed by atoms with E-state index in [-0.39, 0.29) is 17.7 Å². The first-order valence-corrected chi connectivity index (χ1v) is 9.74. The molecule has 0 bridgehead atoms. The van der Waals surface area contributed by atoms with Crippen LogP contribution in [-0.2, 0) is 14.6 Å². The highest BCUT2D eigenvalue weighted by Gasteiger charge is 2.61. The molecular formula is C18H18ClNO5S. The molecule has 1 aliphatic carbocycles. The Morgan fingerprint density at radius 1 is 1.04 bits per heavy atom. The molecule has 138 valence electrons. The molecule has 0 aromatic heterocycles. The number of methoxy groups -OCH3 is 2. The van der Waals surface area contributed by atoms with Crippen LogP contribution in [0.2, 0.25) is 5.02 Å². The van der Waals surface area contributed by atoms with Gasteiger partial charge in [0.25, 0.3) is 0 Å². The number of halogens is 1. The smallest absolute Gasteiger partial charge is 0.246 e. The summed E-state index contributed by atoms with van der Waals surface area (Å²) in [6, 6.07) is 10.7. The lowest BCUT2D eigenvalue weighted by atomic mass is 10.2. The number of benzene rings is 2.